The minimum atomic E-state index is -0.963. The van der Waals surface area contributed by atoms with Crippen molar-refractivity contribution in [3.8, 4) is 0 Å². The number of carboxylic acids is 1. The number of nitro benzene ring substituents is 1. The van der Waals surface area contributed by atoms with E-state index < -0.39 is 22.1 Å². The van der Waals surface area contributed by atoms with Crippen molar-refractivity contribution in [2.24, 2.45) is 5.92 Å². The summed E-state index contributed by atoms with van der Waals surface area (Å²) in [5.41, 5.74) is 0.883. The number of aliphatic carboxylic acids is 1. The van der Waals surface area contributed by atoms with E-state index in [0.717, 1.165) is 10.5 Å². The summed E-state index contributed by atoms with van der Waals surface area (Å²) in [6.07, 6.45) is 0.334. The third-order valence-corrected chi connectivity index (χ3v) is 5.04. The van der Waals surface area contributed by atoms with E-state index in [1.54, 1.807) is 19.1 Å². The molecule has 8 heteroatoms. The fraction of sp³-hybridized carbons (Fsp3) is 0.263. The second-order valence-electron chi connectivity index (χ2n) is 5.98. The lowest BCUT2D eigenvalue weighted by Crippen LogP contribution is -2.37. The van der Waals surface area contributed by atoms with Gasteiger partial charge in [-0.2, -0.15) is 0 Å². The standard InChI is InChI=1S/C19H20N2O5S/c1-13(27-17-9-7-16(8-10-17)21(25)26)18(22)20-12-15(19(23)24)11-14-5-3-2-4-6-14/h2-10,13,15H,11-12H2,1H3,(H,20,22)(H,23,24). The lowest BCUT2D eigenvalue weighted by molar-refractivity contribution is -0.384. The average molecular weight is 388 g/mol. The highest BCUT2D eigenvalue weighted by Gasteiger charge is 2.21. The molecule has 0 saturated carbocycles. The maximum absolute atomic E-state index is 12.3. The van der Waals surface area contributed by atoms with Crippen molar-refractivity contribution in [1.82, 2.24) is 5.32 Å². The topological polar surface area (TPSA) is 110 Å². The van der Waals surface area contributed by atoms with Gasteiger partial charge in [-0.1, -0.05) is 30.3 Å². The number of carboxylic acid groups (broad SMARTS) is 1. The van der Waals surface area contributed by atoms with E-state index in [-0.39, 0.29) is 18.1 Å². The molecule has 0 aliphatic carbocycles. The van der Waals surface area contributed by atoms with Crippen LogP contribution in [0.4, 0.5) is 5.69 Å². The first-order valence-electron chi connectivity index (χ1n) is 8.32. The Bertz CT molecular complexity index is 796. The molecule has 2 rings (SSSR count). The summed E-state index contributed by atoms with van der Waals surface area (Å²) < 4.78 is 0. The zero-order valence-electron chi connectivity index (χ0n) is 14.7. The van der Waals surface area contributed by atoms with Crippen LogP contribution in [0.1, 0.15) is 12.5 Å². The third kappa shape index (κ3) is 6.41. The van der Waals surface area contributed by atoms with Gasteiger partial charge in [-0.05, 0) is 31.0 Å². The number of hydrogen-bond donors (Lipinski definition) is 2. The number of carbonyl (C=O) groups is 2. The van der Waals surface area contributed by atoms with Gasteiger partial charge < -0.3 is 10.4 Å². The monoisotopic (exact) mass is 388 g/mol. The Balaban J connectivity index is 1.88. The SMILES string of the molecule is CC(Sc1ccc([N+](=O)[O-])cc1)C(=O)NCC(Cc1ccccc1)C(=O)O. The van der Waals surface area contributed by atoms with Crippen molar-refractivity contribution in [2.75, 3.05) is 6.54 Å². The Morgan fingerprint density at radius 2 is 1.78 bits per heavy atom. The molecule has 0 bridgehead atoms. The van der Waals surface area contributed by atoms with E-state index in [2.05, 4.69) is 5.32 Å². The Labute approximate surface area is 160 Å². The lowest BCUT2D eigenvalue weighted by Gasteiger charge is -2.16. The second kappa shape index (κ2) is 9.72. The van der Waals surface area contributed by atoms with E-state index in [1.165, 1.54) is 23.9 Å². The highest BCUT2D eigenvalue weighted by atomic mass is 32.2. The van der Waals surface area contributed by atoms with Crippen LogP contribution >= 0.6 is 11.8 Å². The van der Waals surface area contributed by atoms with Gasteiger partial charge in [0, 0.05) is 23.6 Å². The van der Waals surface area contributed by atoms with Crippen molar-refractivity contribution >= 4 is 29.3 Å². The maximum atomic E-state index is 12.3. The number of hydrogen-bond acceptors (Lipinski definition) is 5. The van der Waals surface area contributed by atoms with Crippen LogP contribution in [-0.2, 0) is 16.0 Å². The van der Waals surface area contributed by atoms with Gasteiger partial charge in [0.25, 0.3) is 5.69 Å². The predicted molar refractivity (Wildman–Crippen MR) is 103 cm³/mol. The molecule has 0 aromatic heterocycles. The van der Waals surface area contributed by atoms with E-state index in [1.807, 2.05) is 30.3 Å². The zero-order chi connectivity index (χ0) is 19.8. The summed E-state index contributed by atoms with van der Waals surface area (Å²) in [5, 5.41) is 22.3. The number of benzene rings is 2. The van der Waals surface area contributed by atoms with E-state index >= 15 is 0 Å². The van der Waals surface area contributed by atoms with Crippen LogP contribution in [0.3, 0.4) is 0 Å². The van der Waals surface area contributed by atoms with Gasteiger partial charge in [0.15, 0.2) is 0 Å². The van der Waals surface area contributed by atoms with Crippen molar-refractivity contribution in [2.45, 2.75) is 23.5 Å². The van der Waals surface area contributed by atoms with Crippen LogP contribution in [0, 0.1) is 16.0 Å². The maximum Gasteiger partial charge on any atom is 0.308 e. The molecule has 27 heavy (non-hydrogen) atoms. The molecule has 2 aromatic carbocycles. The Morgan fingerprint density at radius 1 is 1.15 bits per heavy atom. The average Bonchev–Trinajstić information content (AvgIpc) is 2.65. The summed E-state index contributed by atoms with van der Waals surface area (Å²) in [4.78, 5) is 34.6. The number of nitrogens with zero attached hydrogens (tertiary/aromatic N) is 1. The zero-order valence-corrected chi connectivity index (χ0v) is 15.5. The van der Waals surface area contributed by atoms with Crippen molar-refractivity contribution < 1.29 is 19.6 Å². The molecule has 0 aliphatic heterocycles. The van der Waals surface area contributed by atoms with Crippen LogP contribution in [0.15, 0.2) is 59.5 Å². The molecule has 1 amide bonds. The van der Waals surface area contributed by atoms with Crippen molar-refractivity contribution in [1.29, 1.82) is 0 Å². The van der Waals surface area contributed by atoms with Gasteiger partial charge in [-0.15, -0.1) is 11.8 Å². The number of rotatable bonds is 9. The van der Waals surface area contributed by atoms with E-state index in [0.29, 0.717) is 6.42 Å². The smallest absolute Gasteiger partial charge is 0.308 e. The highest BCUT2D eigenvalue weighted by Crippen LogP contribution is 2.25. The quantitative estimate of drug-likeness (QED) is 0.388. The molecule has 2 aromatic rings. The van der Waals surface area contributed by atoms with Gasteiger partial charge in [0.05, 0.1) is 16.1 Å². The van der Waals surface area contributed by atoms with Gasteiger partial charge in [-0.3, -0.25) is 19.7 Å². The largest absolute Gasteiger partial charge is 0.481 e. The van der Waals surface area contributed by atoms with Crippen molar-refractivity contribution in [3.63, 3.8) is 0 Å². The molecule has 142 valence electrons. The number of carbonyl (C=O) groups excluding carboxylic acids is 1. The Hall–Kier alpha value is -2.87. The molecule has 0 aliphatic rings. The van der Waals surface area contributed by atoms with Gasteiger partial charge in [0.1, 0.15) is 0 Å². The minimum Gasteiger partial charge on any atom is -0.481 e. The van der Waals surface area contributed by atoms with Crippen LogP contribution in [0.5, 0.6) is 0 Å². The van der Waals surface area contributed by atoms with E-state index in [4.69, 9.17) is 0 Å². The first-order valence-corrected chi connectivity index (χ1v) is 9.20. The normalized spacial score (nSPS) is 12.8. The van der Waals surface area contributed by atoms with Crippen LogP contribution in [-0.4, -0.2) is 33.7 Å². The number of nitro groups is 1. The first kappa shape index (κ1) is 20.4. The van der Waals surface area contributed by atoms with Gasteiger partial charge >= 0.3 is 5.97 Å². The number of non-ortho nitro benzene ring substituents is 1. The fourth-order valence-corrected chi connectivity index (χ4v) is 3.31. The third-order valence-electron chi connectivity index (χ3n) is 3.93. The first-order chi connectivity index (χ1) is 12.9. The van der Waals surface area contributed by atoms with E-state index in [9.17, 15) is 24.8 Å². The molecule has 2 unspecified atom stereocenters. The number of amides is 1. The molecule has 0 fully saturated rings. The summed E-state index contributed by atoms with van der Waals surface area (Å²) in [6.45, 7) is 1.74. The molecule has 0 spiro atoms. The lowest BCUT2D eigenvalue weighted by atomic mass is 9.99. The highest BCUT2D eigenvalue weighted by molar-refractivity contribution is 8.00. The summed E-state index contributed by atoms with van der Waals surface area (Å²) in [5.74, 6) is -1.96. The molecule has 0 heterocycles. The predicted octanol–water partition coefficient (Wildman–Crippen LogP) is 3.14. The number of thioether (sulfide) groups is 1. The Kier molecular flexibility index (Phi) is 7.36. The summed E-state index contributed by atoms with van der Waals surface area (Å²) in [7, 11) is 0. The molecule has 7 nitrogen and oxygen atoms in total. The van der Waals surface area contributed by atoms with Crippen molar-refractivity contribution in [3.05, 3.63) is 70.3 Å². The molecule has 2 N–H and O–H groups in total. The molecule has 0 saturated heterocycles. The summed E-state index contributed by atoms with van der Waals surface area (Å²) in [6, 6.07) is 15.2. The molecular formula is C19H20N2O5S. The summed E-state index contributed by atoms with van der Waals surface area (Å²) >= 11 is 1.25. The van der Waals surface area contributed by atoms with Gasteiger partial charge in [-0.25, -0.2) is 0 Å². The Morgan fingerprint density at radius 3 is 2.33 bits per heavy atom. The van der Waals surface area contributed by atoms with Gasteiger partial charge in [0.2, 0.25) is 5.91 Å². The number of nitrogens with one attached hydrogen (secondary N) is 1. The second-order valence-corrected chi connectivity index (χ2v) is 7.40. The fourth-order valence-electron chi connectivity index (χ4n) is 2.42. The van der Waals surface area contributed by atoms with Crippen LogP contribution < -0.4 is 5.32 Å². The molecule has 2 atom stereocenters. The van der Waals surface area contributed by atoms with Crippen LogP contribution in [0.2, 0.25) is 0 Å². The molecular weight excluding hydrogens is 368 g/mol. The van der Waals surface area contributed by atoms with Crippen LogP contribution in [0.25, 0.3) is 0 Å². The minimum absolute atomic E-state index is 0.0123. The molecule has 0 radical (unpaired) electrons.